The third-order valence-corrected chi connectivity index (χ3v) is 5.75. The normalized spacial score (nSPS) is 17.8. The maximum atomic E-state index is 9.42. The van der Waals surface area contributed by atoms with Gasteiger partial charge in [-0.15, -0.1) is 5.10 Å². The Morgan fingerprint density at radius 1 is 1.41 bits per heavy atom. The molecule has 144 valence electrons. The van der Waals surface area contributed by atoms with Crippen molar-refractivity contribution in [1.82, 2.24) is 24.9 Å². The highest BCUT2D eigenvalue weighted by Crippen LogP contribution is 2.33. The van der Waals surface area contributed by atoms with Crippen LogP contribution in [0.15, 0.2) is 18.3 Å². The van der Waals surface area contributed by atoms with Gasteiger partial charge in [-0.1, -0.05) is 25.2 Å². The van der Waals surface area contributed by atoms with Crippen LogP contribution in [0.5, 0.6) is 5.88 Å². The number of aromatic nitrogens is 4. The average molecular weight is 388 g/mol. The van der Waals surface area contributed by atoms with Crippen molar-refractivity contribution in [3.05, 3.63) is 24.0 Å². The van der Waals surface area contributed by atoms with Crippen molar-refractivity contribution in [3.8, 4) is 17.1 Å². The maximum absolute atomic E-state index is 9.42. The minimum Gasteiger partial charge on any atom is -0.480 e. The van der Waals surface area contributed by atoms with E-state index in [1.54, 1.807) is 18.4 Å². The van der Waals surface area contributed by atoms with E-state index in [1.807, 2.05) is 22.8 Å². The Morgan fingerprint density at radius 2 is 2.26 bits per heavy atom. The van der Waals surface area contributed by atoms with Crippen LogP contribution in [-0.2, 0) is 0 Å². The van der Waals surface area contributed by atoms with E-state index in [9.17, 15) is 5.11 Å². The van der Waals surface area contributed by atoms with Gasteiger partial charge in [-0.25, -0.2) is 14.5 Å². The second-order valence-corrected chi connectivity index (χ2v) is 7.88. The molecule has 3 aromatic rings. The molecule has 1 aliphatic rings. The van der Waals surface area contributed by atoms with Gasteiger partial charge in [0.25, 0.3) is 0 Å². The number of aliphatic hydroxyl groups is 1. The molecule has 0 bridgehead atoms. The largest absolute Gasteiger partial charge is 0.480 e. The molecular formula is C18H24N6O2S. The Hall–Kier alpha value is -2.23. The van der Waals surface area contributed by atoms with E-state index in [1.165, 1.54) is 0 Å². The summed E-state index contributed by atoms with van der Waals surface area (Å²) in [4.78, 5) is 12.2. The van der Waals surface area contributed by atoms with Gasteiger partial charge in [0.15, 0.2) is 0 Å². The number of ether oxygens (including phenoxy) is 1. The van der Waals surface area contributed by atoms with Gasteiger partial charge in [0.05, 0.1) is 31.2 Å². The molecular weight excluding hydrogens is 364 g/mol. The van der Waals surface area contributed by atoms with Gasteiger partial charge in [0.1, 0.15) is 0 Å². The molecule has 8 nitrogen and oxygen atoms in total. The lowest BCUT2D eigenvalue weighted by Gasteiger charge is -2.32. The number of nitrogens with zero attached hydrogens (tertiary/aromatic N) is 5. The minimum atomic E-state index is 0.0716. The standard InChI is InChI=1S/C18H24N6O2S/c1-11(2)14-5-4-13(16(21-14)26-3)15-8-20-17-24(15)22-18(27-17)23-7-6-19-12(9-23)10-25/h4-5,8,11-12,19,25H,6-7,9-10H2,1-3H3. The summed E-state index contributed by atoms with van der Waals surface area (Å²) in [5, 5.41) is 18.4. The molecule has 1 fully saturated rings. The molecule has 0 amide bonds. The third kappa shape index (κ3) is 3.38. The minimum absolute atomic E-state index is 0.0716. The Labute approximate surface area is 161 Å². The van der Waals surface area contributed by atoms with E-state index in [4.69, 9.17) is 9.84 Å². The summed E-state index contributed by atoms with van der Waals surface area (Å²) in [5.41, 5.74) is 2.73. The number of nitrogens with one attached hydrogen (secondary N) is 1. The van der Waals surface area contributed by atoms with E-state index < -0.39 is 0 Å². The highest BCUT2D eigenvalue weighted by atomic mass is 32.1. The van der Waals surface area contributed by atoms with Gasteiger partial charge >= 0.3 is 0 Å². The van der Waals surface area contributed by atoms with Crippen molar-refractivity contribution in [2.75, 3.05) is 38.3 Å². The van der Waals surface area contributed by atoms with Gasteiger partial charge in [-0.3, -0.25) is 0 Å². The Morgan fingerprint density at radius 3 is 3.00 bits per heavy atom. The summed E-state index contributed by atoms with van der Waals surface area (Å²) >= 11 is 1.55. The molecule has 1 aliphatic heterocycles. The molecule has 4 heterocycles. The summed E-state index contributed by atoms with van der Waals surface area (Å²) in [7, 11) is 1.64. The van der Waals surface area contributed by atoms with Gasteiger partial charge < -0.3 is 20.1 Å². The number of pyridine rings is 1. The van der Waals surface area contributed by atoms with Crippen LogP contribution in [-0.4, -0.2) is 64.1 Å². The lowest BCUT2D eigenvalue weighted by Crippen LogP contribution is -2.52. The fourth-order valence-electron chi connectivity index (χ4n) is 3.24. The van der Waals surface area contributed by atoms with Crippen LogP contribution in [0.4, 0.5) is 5.13 Å². The van der Waals surface area contributed by atoms with Crippen molar-refractivity contribution >= 4 is 21.4 Å². The zero-order valence-electron chi connectivity index (χ0n) is 15.7. The summed E-state index contributed by atoms with van der Waals surface area (Å²) < 4.78 is 7.39. The van der Waals surface area contributed by atoms with Crippen LogP contribution in [0.25, 0.3) is 16.2 Å². The summed E-state index contributed by atoms with van der Waals surface area (Å²) in [6.07, 6.45) is 1.81. The van der Waals surface area contributed by atoms with Crippen molar-refractivity contribution < 1.29 is 9.84 Å². The molecule has 3 aromatic heterocycles. The molecule has 0 saturated carbocycles. The SMILES string of the molecule is COc1nc(C(C)C)ccc1-c1cnc2sc(N3CCNC(CO)C3)nn12. The number of hydrogen-bond acceptors (Lipinski definition) is 8. The van der Waals surface area contributed by atoms with E-state index in [-0.39, 0.29) is 12.6 Å². The average Bonchev–Trinajstić information content (AvgIpc) is 3.28. The number of fused-ring (bicyclic) bond motifs is 1. The molecule has 1 unspecified atom stereocenters. The van der Waals surface area contributed by atoms with Crippen LogP contribution in [0.3, 0.4) is 0 Å². The highest BCUT2D eigenvalue weighted by Gasteiger charge is 2.23. The van der Waals surface area contributed by atoms with E-state index >= 15 is 0 Å². The molecule has 0 aliphatic carbocycles. The molecule has 27 heavy (non-hydrogen) atoms. The first kappa shape index (κ1) is 18.1. The summed E-state index contributed by atoms with van der Waals surface area (Å²) in [6.45, 7) is 6.76. The predicted octanol–water partition coefficient (Wildman–Crippen LogP) is 1.76. The predicted molar refractivity (Wildman–Crippen MR) is 106 cm³/mol. The first-order valence-corrected chi connectivity index (χ1v) is 9.91. The van der Waals surface area contributed by atoms with Gasteiger partial charge in [-0.2, -0.15) is 0 Å². The number of methoxy groups -OCH3 is 1. The topological polar surface area (TPSA) is 87.8 Å². The fraction of sp³-hybridized carbons (Fsp3) is 0.500. The van der Waals surface area contributed by atoms with Crippen molar-refractivity contribution in [2.24, 2.45) is 0 Å². The molecule has 0 spiro atoms. The smallest absolute Gasteiger partial charge is 0.222 e. The van der Waals surface area contributed by atoms with Gasteiger partial charge in [0.2, 0.25) is 16.0 Å². The van der Waals surface area contributed by atoms with Crippen molar-refractivity contribution in [2.45, 2.75) is 25.8 Å². The molecule has 9 heteroatoms. The van der Waals surface area contributed by atoms with Crippen LogP contribution >= 0.6 is 11.3 Å². The summed E-state index contributed by atoms with van der Waals surface area (Å²) in [6, 6.07) is 4.12. The van der Waals surface area contributed by atoms with E-state index in [0.717, 1.165) is 46.7 Å². The second-order valence-electron chi connectivity index (χ2n) is 6.95. The van der Waals surface area contributed by atoms with Gasteiger partial charge in [0, 0.05) is 31.4 Å². The van der Waals surface area contributed by atoms with E-state index in [2.05, 4.69) is 34.0 Å². The quantitative estimate of drug-likeness (QED) is 0.688. The molecule has 0 aromatic carbocycles. The van der Waals surface area contributed by atoms with Gasteiger partial charge in [-0.05, 0) is 18.1 Å². The lowest BCUT2D eigenvalue weighted by atomic mass is 10.1. The molecule has 2 N–H and O–H groups in total. The Kier molecular flexibility index (Phi) is 4.98. The third-order valence-electron chi connectivity index (χ3n) is 4.76. The first-order chi connectivity index (χ1) is 13.1. The number of anilines is 1. The Balaban J connectivity index is 1.71. The van der Waals surface area contributed by atoms with Crippen LogP contribution in [0, 0.1) is 0 Å². The number of aliphatic hydroxyl groups excluding tert-OH is 1. The first-order valence-electron chi connectivity index (χ1n) is 9.09. The fourth-order valence-corrected chi connectivity index (χ4v) is 4.15. The monoisotopic (exact) mass is 388 g/mol. The number of imidazole rings is 1. The van der Waals surface area contributed by atoms with Crippen LogP contribution in [0.1, 0.15) is 25.5 Å². The number of rotatable bonds is 5. The van der Waals surface area contributed by atoms with Crippen LogP contribution < -0.4 is 15.0 Å². The highest BCUT2D eigenvalue weighted by molar-refractivity contribution is 7.20. The zero-order valence-corrected chi connectivity index (χ0v) is 16.5. The molecule has 0 radical (unpaired) electrons. The maximum Gasteiger partial charge on any atom is 0.222 e. The zero-order chi connectivity index (χ0) is 19.0. The lowest BCUT2D eigenvalue weighted by molar-refractivity contribution is 0.235. The molecule has 1 saturated heterocycles. The molecule has 1 atom stereocenters. The molecule has 4 rings (SSSR count). The van der Waals surface area contributed by atoms with E-state index in [0.29, 0.717) is 11.8 Å². The summed E-state index contributed by atoms with van der Waals surface area (Å²) in [5.74, 6) is 0.913. The second kappa shape index (κ2) is 7.41. The number of hydrogen-bond donors (Lipinski definition) is 2. The van der Waals surface area contributed by atoms with Crippen molar-refractivity contribution in [3.63, 3.8) is 0 Å². The Bertz CT molecular complexity index is 937. The van der Waals surface area contributed by atoms with Crippen LogP contribution in [0.2, 0.25) is 0 Å². The number of piperazine rings is 1. The van der Waals surface area contributed by atoms with Crippen molar-refractivity contribution in [1.29, 1.82) is 0 Å².